The summed E-state index contributed by atoms with van der Waals surface area (Å²) in [6.45, 7) is 5.34. The second kappa shape index (κ2) is 6.52. The summed E-state index contributed by atoms with van der Waals surface area (Å²) in [4.78, 5) is 22.7. The monoisotopic (exact) mass is 275 g/mol. The summed E-state index contributed by atoms with van der Waals surface area (Å²) >= 11 is 0. The van der Waals surface area contributed by atoms with Gasteiger partial charge in [-0.3, -0.25) is 9.59 Å². The van der Waals surface area contributed by atoms with Crippen LogP contribution in [0.5, 0.6) is 0 Å². The van der Waals surface area contributed by atoms with Gasteiger partial charge in [0.1, 0.15) is 11.8 Å². The first kappa shape index (κ1) is 15.4. The van der Waals surface area contributed by atoms with Gasteiger partial charge >= 0.3 is 11.8 Å². The quantitative estimate of drug-likeness (QED) is 0.467. The molecule has 0 bridgehead atoms. The average molecular weight is 275 g/mol. The van der Waals surface area contributed by atoms with Gasteiger partial charge in [0.2, 0.25) is 0 Å². The number of nitrogens with zero attached hydrogens (tertiary/aromatic N) is 3. The fraction of sp³-hybridized carbons (Fsp3) is 0.385. The van der Waals surface area contributed by atoms with Crippen molar-refractivity contribution in [2.45, 2.75) is 26.8 Å². The number of carbonyl (C=O) groups excluding carboxylic acids is 2. The number of hydrogen-bond donors (Lipinski definition) is 2. The molecule has 2 amide bonds. The molecule has 0 saturated heterocycles. The lowest BCUT2D eigenvalue weighted by Crippen LogP contribution is -2.41. The largest absolute Gasteiger partial charge is 0.346 e. The summed E-state index contributed by atoms with van der Waals surface area (Å²) in [5.74, 6) is -1.57. The second-order valence-electron chi connectivity index (χ2n) is 4.57. The number of nitriles is 1. The van der Waals surface area contributed by atoms with Crippen LogP contribution in [0.3, 0.4) is 0 Å². The molecule has 0 saturated carbocycles. The third-order valence-electron chi connectivity index (χ3n) is 2.68. The van der Waals surface area contributed by atoms with E-state index in [-0.39, 0.29) is 6.04 Å². The first-order chi connectivity index (χ1) is 9.36. The molecule has 1 aromatic heterocycles. The van der Waals surface area contributed by atoms with Crippen molar-refractivity contribution in [1.29, 1.82) is 5.26 Å². The van der Waals surface area contributed by atoms with E-state index >= 15 is 0 Å². The standard InChI is InChI=1S/C13H17N5O2/c1-8(2)16-12(19)13(20)17-15-7-10-5-11(6-14)18(4)9(10)3/h5,7-8H,1-4H3,(H,16,19)(H,17,20)/b15-7-. The molecule has 0 aliphatic carbocycles. The molecule has 7 heteroatoms. The minimum atomic E-state index is -0.830. The normalized spacial score (nSPS) is 10.6. The number of hydrazone groups is 1. The highest BCUT2D eigenvalue weighted by Gasteiger charge is 2.13. The summed E-state index contributed by atoms with van der Waals surface area (Å²) in [5, 5.41) is 15.1. The number of nitrogens with one attached hydrogen (secondary N) is 2. The summed E-state index contributed by atoms with van der Waals surface area (Å²) in [7, 11) is 1.76. The van der Waals surface area contributed by atoms with Crippen LogP contribution in [-0.2, 0) is 16.6 Å². The van der Waals surface area contributed by atoms with Crippen LogP contribution in [0.1, 0.15) is 30.8 Å². The van der Waals surface area contributed by atoms with Crippen LogP contribution in [0.25, 0.3) is 0 Å². The molecule has 1 heterocycles. The molecule has 0 atom stereocenters. The van der Waals surface area contributed by atoms with Crippen LogP contribution in [0.2, 0.25) is 0 Å². The van der Waals surface area contributed by atoms with Crippen molar-refractivity contribution in [3.63, 3.8) is 0 Å². The number of rotatable bonds is 3. The molecule has 0 unspecified atom stereocenters. The molecule has 106 valence electrons. The van der Waals surface area contributed by atoms with Crippen LogP contribution in [0, 0.1) is 18.3 Å². The number of carbonyl (C=O) groups is 2. The molecule has 2 N–H and O–H groups in total. The van der Waals surface area contributed by atoms with E-state index in [1.165, 1.54) is 6.21 Å². The lowest BCUT2D eigenvalue weighted by molar-refractivity contribution is -0.139. The zero-order valence-electron chi connectivity index (χ0n) is 11.9. The Bertz CT molecular complexity index is 593. The van der Waals surface area contributed by atoms with Gasteiger partial charge in [-0.1, -0.05) is 0 Å². The van der Waals surface area contributed by atoms with Crippen LogP contribution in [-0.4, -0.2) is 28.6 Å². The van der Waals surface area contributed by atoms with E-state index in [4.69, 9.17) is 5.26 Å². The summed E-state index contributed by atoms with van der Waals surface area (Å²) in [6, 6.07) is 3.58. The molecule has 0 radical (unpaired) electrons. The number of amides is 2. The second-order valence-corrected chi connectivity index (χ2v) is 4.57. The van der Waals surface area contributed by atoms with Gasteiger partial charge in [-0.2, -0.15) is 10.4 Å². The van der Waals surface area contributed by atoms with Gasteiger partial charge < -0.3 is 9.88 Å². The van der Waals surface area contributed by atoms with Crippen molar-refractivity contribution in [1.82, 2.24) is 15.3 Å². The summed E-state index contributed by atoms with van der Waals surface area (Å²) < 4.78 is 1.72. The maximum Gasteiger partial charge on any atom is 0.329 e. The van der Waals surface area contributed by atoms with Gasteiger partial charge in [-0.25, -0.2) is 5.43 Å². The van der Waals surface area contributed by atoms with E-state index in [1.807, 2.05) is 13.0 Å². The molecule has 0 aromatic carbocycles. The molecular weight excluding hydrogens is 258 g/mol. The van der Waals surface area contributed by atoms with Gasteiger partial charge in [0.05, 0.1) is 6.21 Å². The van der Waals surface area contributed by atoms with Crippen molar-refractivity contribution in [3.8, 4) is 6.07 Å². The minimum Gasteiger partial charge on any atom is -0.346 e. The Kier molecular flexibility index (Phi) is 5.03. The molecule has 20 heavy (non-hydrogen) atoms. The Hall–Kier alpha value is -2.62. The molecule has 0 fully saturated rings. The topological polar surface area (TPSA) is 99.3 Å². The van der Waals surface area contributed by atoms with Crippen molar-refractivity contribution in [2.75, 3.05) is 0 Å². The SMILES string of the molecule is Cc1c(/C=N\NC(=O)C(=O)NC(C)C)cc(C#N)n1C. The Balaban J connectivity index is 2.69. The fourth-order valence-corrected chi connectivity index (χ4v) is 1.50. The highest BCUT2D eigenvalue weighted by Crippen LogP contribution is 2.10. The summed E-state index contributed by atoms with van der Waals surface area (Å²) in [5.41, 5.74) is 4.17. The van der Waals surface area contributed by atoms with Crippen molar-refractivity contribution >= 4 is 18.0 Å². The third-order valence-corrected chi connectivity index (χ3v) is 2.68. The molecule has 7 nitrogen and oxygen atoms in total. The lowest BCUT2D eigenvalue weighted by atomic mass is 10.3. The third kappa shape index (κ3) is 3.68. The number of hydrogen-bond acceptors (Lipinski definition) is 4. The highest BCUT2D eigenvalue weighted by molar-refractivity contribution is 6.35. The average Bonchev–Trinajstić information content (AvgIpc) is 2.65. The zero-order valence-corrected chi connectivity index (χ0v) is 11.9. The van der Waals surface area contributed by atoms with Gasteiger partial charge in [-0.05, 0) is 26.8 Å². The predicted molar refractivity (Wildman–Crippen MR) is 73.9 cm³/mol. The number of aromatic nitrogens is 1. The van der Waals surface area contributed by atoms with Crippen LogP contribution in [0.4, 0.5) is 0 Å². The Labute approximate surface area is 117 Å². The van der Waals surface area contributed by atoms with E-state index in [0.29, 0.717) is 11.3 Å². The minimum absolute atomic E-state index is 0.119. The van der Waals surface area contributed by atoms with Crippen LogP contribution in [0.15, 0.2) is 11.2 Å². The predicted octanol–water partition coefficient (Wildman–Crippen LogP) is 0.180. The molecule has 0 aliphatic heterocycles. The van der Waals surface area contributed by atoms with Gasteiger partial charge in [0.15, 0.2) is 0 Å². The van der Waals surface area contributed by atoms with Gasteiger partial charge in [-0.15, -0.1) is 0 Å². The van der Waals surface area contributed by atoms with E-state index in [1.54, 1.807) is 31.5 Å². The van der Waals surface area contributed by atoms with E-state index in [2.05, 4.69) is 15.8 Å². The van der Waals surface area contributed by atoms with Crippen LogP contribution < -0.4 is 10.7 Å². The van der Waals surface area contributed by atoms with Crippen molar-refractivity contribution < 1.29 is 9.59 Å². The molecule has 0 spiro atoms. The van der Waals surface area contributed by atoms with E-state index < -0.39 is 11.8 Å². The fourth-order valence-electron chi connectivity index (χ4n) is 1.50. The van der Waals surface area contributed by atoms with Crippen LogP contribution >= 0.6 is 0 Å². The zero-order chi connectivity index (χ0) is 15.3. The molecule has 0 aliphatic rings. The van der Waals surface area contributed by atoms with Crippen molar-refractivity contribution in [2.24, 2.45) is 12.1 Å². The lowest BCUT2D eigenvalue weighted by Gasteiger charge is -2.05. The molecular formula is C13H17N5O2. The van der Waals surface area contributed by atoms with Gasteiger partial charge in [0.25, 0.3) is 0 Å². The maximum atomic E-state index is 11.4. The van der Waals surface area contributed by atoms with E-state index in [0.717, 1.165) is 5.69 Å². The molecule has 1 aromatic rings. The first-order valence-electron chi connectivity index (χ1n) is 6.07. The van der Waals surface area contributed by atoms with E-state index in [9.17, 15) is 9.59 Å². The Morgan fingerprint density at radius 2 is 2.10 bits per heavy atom. The summed E-state index contributed by atoms with van der Waals surface area (Å²) in [6.07, 6.45) is 1.40. The first-order valence-corrected chi connectivity index (χ1v) is 6.07. The van der Waals surface area contributed by atoms with Gasteiger partial charge in [0, 0.05) is 24.3 Å². The Morgan fingerprint density at radius 3 is 2.60 bits per heavy atom. The van der Waals surface area contributed by atoms with Crippen molar-refractivity contribution in [3.05, 3.63) is 23.0 Å². The molecule has 1 rings (SSSR count). The smallest absolute Gasteiger partial charge is 0.329 e. The Morgan fingerprint density at radius 1 is 1.45 bits per heavy atom. The highest BCUT2D eigenvalue weighted by atomic mass is 16.2. The maximum absolute atomic E-state index is 11.4.